The third-order valence-corrected chi connectivity index (χ3v) is 2.66. The highest BCUT2D eigenvalue weighted by Crippen LogP contribution is 2.14. The van der Waals surface area contributed by atoms with Crippen LogP contribution in [0.1, 0.15) is 5.56 Å². The maximum absolute atomic E-state index is 9.53. The summed E-state index contributed by atoms with van der Waals surface area (Å²) in [6, 6.07) is 9.88. The summed E-state index contributed by atoms with van der Waals surface area (Å²) < 4.78 is 21.0. The molecule has 1 fully saturated rings. The van der Waals surface area contributed by atoms with Gasteiger partial charge in [-0.05, 0) is 5.56 Å². The number of hydrogen-bond acceptors (Lipinski definition) is 5. The average molecular weight is 254 g/mol. The second kappa shape index (κ2) is 6.82. The minimum Gasteiger partial charge on any atom is -0.374 e. The number of aliphatic hydroxyl groups is 1. The first-order valence-corrected chi connectivity index (χ1v) is 5.89. The van der Waals surface area contributed by atoms with Crippen LogP contribution in [0.15, 0.2) is 30.3 Å². The van der Waals surface area contributed by atoms with Gasteiger partial charge in [0.15, 0.2) is 0 Å². The van der Waals surface area contributed by atoms with E-state index >= 15 is 0 Å². The lowest BCUT2D eigenvalue weighted by atomic mass is 10.2. The summed E-state index contributed by atoms with van der Waals surface area (Å²) in [5.74, 6) is 0. The Morgan fingerprint density at radius 3 is 2.78 bits per heavy atom. The van der Waals surface area contributed by atoms with Crippen molar-refractivity contribution in [2.45, 2.75) is 25.3 Å². The molecule has 1 aliphatic heterocycles. The van der Waals surface area contributed by atoms with E-state index in [-0.39, 0.29) is 6.10 Å². The van der Waals surface area contributed by atoms with Crippen molar-refractivity contribution in [3.8, 4) is 0 Å². The van der Waals surface area contributed by atoms with Crippen molar-refractivity contribution in [1.82, 2.24) is 0 Å². The first-order valence-electron chi connectivity index (χ1n) is 5.89. The Balaban J connectivity index is 1.69. The molecule has 1 aromatic rings. The Labute approximate surface area is 106 Å². The number of benzene rings is 1. The molecule has 0 aliphatic carbocycles. The number of aliphatic hydroxyl groups excluding tert-OH is 1. The highest BCUT2D eigenvalue weighted by molar-refractivity contribution is 5.13. The quantitative estimate of drug-likeness (QED) is 0.846. The summed E-state index contributed by atoms with van der Waals surface area (Å²) in [5, 5.41) is 9.53. The van der Waals surface area contributed by atoms with Crippen LogP contribution in [0.25, 0.3) is 0 Å². The largest absolute Gasteiger partial charge is 0.374 e. The van der Waals surface area contributed by atoms with Crippen molar-refractivity contribution in [2.75, 3.05) is 20.3 Å². The van der Waals surface area contributed by atoms with Gasteiger partial charge in [0.05, 0.1) is 19.8 Å². The molecule has 1 aliphatic rings. The van der Waals surface area contributed by atoms with Crippen LogP contribution in [0.4, 0.5) is 0 Å². The fourth-order valence-corrected chi connectivity index (χ4v) is 1.74. The smallest absolute Gasteiger partial charge is 0.209 e. The van der Waals surface area contributed by atoms with Crippen molar-refractivity contribution < 1.29 is 24.1 Å². The van der Waals surface area contributed by atoms with E-state index in [0.717, 1.165) is 5.56 Å². The molecule has 1 saturated heterocycles. The summed E-state index contributed by atoms with van der Waals surface area (Å²) in [5.41, 5.74) is 1.10. The Morgan fingerprint density at radius 1 is 1.33 bits per heavy atom. The molecule has 1 unspecified atom stereocenters. The number of rotatable bonds is 5. The molecule has 0 spiro atoms. The molecule has 18 heavy (non-hydrogen) atoms. The van der Waals surface area contributed by atoms with Crippen molar-refractivity contribution in [1.29, 1.82) is 0 Å². The zero-order chi connectivity index (χ0) is 12.8. The normalized spacial score (nSPS) is 28.2. The zero-order valence-electron chi connectivity index (χ0n) is 10.3. The van der Waals surface area contributed by atoms with Crippen LogP contribution >= 0.6 is 0 Å². The molecule has 0 bridgehead atoms. The number of ether oxygens (including phenoxy) is 4. The van der Waals surface area contributed by atoms with E-state index in [9.17, 15) is 5.11 Å². The molecule has 5 nitrogen and oxygen atoms in total. The molecule has 5 heteroatoms. The molecule has 0 aromatic heterocycles. The third kappa shape index (κ3) is 3.76. The first-order chi connectivity index (χ1) is 8.79. The van der Waals surface area contributed by atoms with E-state index in [1.54, 1.807) is 0 Å². The minimum atomic E-state index is -1.06. The van der Waals surface area contributed by atoms with Crippen molar-refractivity contribution >= 4 is 0 Å². The Morgan fingerprint density at radius 2 is 2.11 bits per heavy atom. The fraction of sp³-hybridized carbons (Fsp3) is 0.538. The summed E-state index contributed by atoms with van der Waals surface area (Å²) in [7, 11) is 1.46. The second-order valence-electron chi connectivity index (χ2n) is 4.09. The summed E-state index contributed by atoms with van der Waals surface area (Å²) in [4.78, 5) is 0. The summed E-state index contributed by atoms with van der Waals surface area (Å²) in [6.45, 7) is 1.25. The SMILES string of the molecule is CO[C@@H]1OC[C@H](COCc2ccccc2)OC1O. The molecule has 100 valence electrons. The van der Waals surface area contributed by atoms with E-state index < -0.39 is 12.6 Å². The van der Waals surface area contributed by atoms with Gasteiger partial charge in [0.25, 0.3) is 0 Å². The summed E-state index contributed by atoms with van der Waals surface area (Å²) >= 11 is 0. The van der Waals surface area contributed by atoms with E-state index in [1.807, 2.05) is 30.3 Å². The van der Waals surface area contributed by atoms with Gasteiger partial charge >= 0.3 is 0 Å². The van der Waals surface area contributed by atoms with Gasteiger partial charge in [0.1, 0.15) is 6.10 Å². The van der Waals surface area contributed by atoms with Crippen LogP contribution in [-0.4, -0.2) is 44.1 Å². The van der Waals surface area contributed by atoms with Gasteiger partial charge in [-0.3, -0.25) is 0 Å². The van der Waals surface area contributed by atoms with Gasteiger partial charge in [-0.15, -0.1) is 0 Å². The van der Waals surface area contributed by atoms with Crippen molar-refractivity contribution in [3.05, 3.63) is 35.9 Å². The lowest BCUT2D eigenvalue weighted by Crippen LogP contribution is -2.46. The van der Waals surface area contributed by atoms with E-state index in [2.05, 4.69) is 0 Å². The Bertz CT molecular complexity index is 342. The Kier molecular flexibility index (Phi) is 5.10. The Hall–Kier alpha value is -0.980. The lowest BCUT2D eigenvalue weighted by Gasteiger charge is -2.32. The lowest BCUT2D eigenvalue weighted by molar-refractivity contribution is -0.326. The highest BCUT2D eigenvalue weighted by atomic mass is 16.8. The number of methoxy groups -OCH3 is 1. The molecule has 1 aromatic carbocycles. The predicted octanol–water partition coefficient (Wildman–Crippen LogP) is 0.909. The average Bonchev–Trinajstić information content (AvgIpc) is 2.40. The molecule has 0 saturated carbocycles. The minimum absolute atomic E-state index is 0.268. The van der Waals surface area contributed by atoms with E-state index in [1.165, 1.54) is 7.11 Å². The molecule has 0 amide bonds. The molecule has 0 radical (unpaired) electrons. The fourth-order valence-electron chi connectivity index (χ4n) is 1.74. The highest BCUT2D eigenvalue weighted by Gasteiger charge is 2.30. The standard InChI is InChI=1S/C13H18O5/c1-15-13-12(14)18-11(9-17-13)8-16-7-10-5-3-2-4-6-10/h2-6,11-14H,7-9H2,1H3/t11-,12?,13+/m0/s1. The molecule has 1 heterocycles. The van der Waals surface area contributed by atoms with Gasteiger partial charge in [-0.1, -0.05) is 30.3 Å². The van der Waals surface area contributed by atoms with Gasteiger partial charge in [-0.25, -0.2) is 0 Å². The van der Waals surface area contributed by atoms with Crippen molar-refractivity contribution in [3.63, 3.8) is 0 Å². The monoisotopic (exact) mass is 254 g/mol. The molecule has 2 rings (SSSR count). The van der Waals surface area contributed by atoms with Crippen LogP contribution in [-0.2, 0) is 25.6 Å². The topological polar surface area (TPSA) is 57.2 Å². The van der Waals surface area contributed by atoms with Crippen LogP contribution in [0, 0.1) is 0 Å². The van der Waals surface area contributed by atoms with E-state index in [4.69, 9.17) is 18.9 Å². The first kappa shape index (κ1) is 13.5. The molecule has 1 N–H and O–H groups in total. The van der Waals surface area contributed by atoms with Crippen LogP contribution in [0.2, 0.25) is 0 Å². The van der Waals surface area contributed by atoms with Crippen molar-refractivity contribution in [2.24, 2.45) is 0 Å². The maximum atomic E-state index is 9.53. The predicted molar refractivity (Wildman–Crippen MR) is 63.7 cm³/mol. The van der Waals surface area contributed by atoms with Gasteiger partial charge in [0.2, 0.25) is 12.6 Å². The summed E-state index contributed by atoms with van der Waals surface area (Å²) in [6.07, 6.45) is -2.04. The third-order valence-electron chi connectivity index (χ3n) is 2.66. The van der Waals surface area contributed by atoms with E-state index in [0.29, 0.717) is 19.8 Å². The van der Waals surface area contributed by atoms with Crippen LogP contribution in [0.3, 0.4) is 0 Å². The molecular formula is C13H18O5. The molecular weight excluding hydrogens is 236 g/mol. The van der Waals surface area contributed by atoms with Gasteiger partial charge in [0, 0.05) is 7.11 Å². The number of hydrogen-bond donors (Lipinski definition) is 1. The van der Waals surface area contributed by atoms with Crippen LogP contribution < -0.4 is 0 Å². The van der Waals surface area contributed by atoms with Gasteiger partial charge in [-0.2, -0.15) is 0 Å². The molecule has 3 atom stereocenters. The van der Waals surface area contributed by atoms with Gasteiger partial charge < -0.3 is 24.1 Å². The second-order valence-corrected chi connectivity index (χ2v) is 4.09. The zero-order valence-corrected chi connectivity index (χ0v) is 10.3. The van der Waals surface area contributed by atoms with Crippen LogP contribution in [0.5, 0.6) is 0 Å². The maximum Gasteiger partial charge on any atom is 0.209 e.